The molecular weight excluding hydrogens is 377 g/mol. The maximum Gasteiger partial charge on any atom is 0.257 e. The number of amides is 1. The van der Waals surface area contributed by atoms with Crippen LogP contribution in [0.5, 0.6) is 11.5 Å². The molecule has 2 aliphatic heterocycles. The minimum atomic E-state index is -0.358. The molecule has 0 radical (unpaired) electrons. The first-order chi connectivity index (χ1) is 14.2. The molecule has 8 heteroatoms. The van der Waals surface area contributed by atoms with Gasteiger partial charge in [-0.1, -0.05) is 24.3 Å². The lowest BCUT2D eigenvalue weighted by molar-refractivity contribution is -0.132. The van der Waals surface area contributed by atoms with E-state index in [-0.39, 0.29) is 31.1 Å². The molecular formula is C21H22FN3O4. The molecule has 1 N–H and O–H groups in total. The van der Waals surface area contributed by atoms with E-state index in [1.807, 2.05) is 18.2 Å². The molecule has 2 heterocycles. The number of ether oxygens (including phenoxy) is 3. The van der Waals surface area contributed by atoms with E-state index in [9.17, 15) is 9.18 Å². The highest BCUT2D eigenvalue weighted by Gasteiger charge is 2.34. The molecule has 1 amide bonds. The molecule has 152 valence electrons. The monoisotopic (exact) mass is 399 g/mol. The molecule has 0 bridgehead atoms. The largest absolute Gasteiger partial charge is 0.454 e. The van der Waals surface area contributed by atoms with Gasteiger partial charge in [-0.2, -0.15) is 5.10 Å². The topological polar surface area (TPSA) is 72.4 Å². The first kappa shape index (κ1) is 19.4. The Labute approximate surface area is 168 Å². The van der Waals surface area contributed by atoms with Crippen molar-refractivity contribution in [2.75, 3.05) is 33.6 Å². The van der Waals surface area contributed by atoms with Crippen molar-refractivity contribution in [2.24, 2.45) is 5.10 Å². The second-order valence-electron chi connectivity index (χ2n) is 6.77. The third kappa shape index (κ3) is 4.08. The van der Waals surface area contributed by atoms with Crippen molar-refractivity contribution in [1.82, 2.24) is 10.3 Å². The van der Waals surface area contributed by atoms with Crippen LogP contribution in [0.3, 0.4) is 0 Å². The minimum Gasteiger partial charge on any atom is -0.454 e. The van der Waals surface area contributed by atoms with Crippen LogP contribution < -0.4 is 14.8 Å². The summed E-state index contributed by atoms with van der Waals surface area (Å²) in [5, 5.41) is 8.95. The van der Waals surface area contributed by atoms with Crippen molar-refractivity contribution in [3.8, 4) is 11.5 Å². The van der Waals surface area contributed by atoms with Gasteiger partial charge in [0.25, 0.3) is 5.91 Å². The average molecular weight is 399 g/mol. The van der Waals surface area contributed by atoms with Crippen molar-refractivity contribution < 1.29 is 23.4 Å². The number of hydrazone groups is 1. The Hall–Kier alpha value is -2.97. The van der Waals surface area contributed by atoms with Crippen LogP contribution in [0, 0.1) is 5.82 Å². The number of halogens is 1. The van der Waals surface area contributed by atoms with Gasteiger partial charge in [0.2, 0.25) is 6.79 Å². The molecule has 2 aliphatic rings. The molecule has 1 atom stereocenters. The number of methoxy groups -OCH3 is 1. The van der Waals surface area contributed by atoms with Crippen molar-refractivity contribution in [3.63, 3.8) is 0 Å². The molecule has 0 aliphatic carbocycles. The van der Waals surface area contributed by atoms with Gasteiger partial charge in [-0.3, -0.25) is 4.79 Å². The zero-order valence-electron chi connectivity index (χ0n) is 16.1. The van der Waals surface area contributed by atoms with E-state index in [1.54, 1.807) is 25.3 Å². The number of nitrogens with one attached hydrogen (secondary N) is 1. The molecule has 0 saturated heterocycles. The van der Waals surface area contributed by atoms with E-state index in [2.05, 4.69) is 10.4 Å². The highest BCUT2D eigenvalue weighted by molar-refractivity contribution is 6.03. The van der Waals surface area contributed by atoms with Crippen LogP contribution in [0.4, 0.5) is 4.39 Å². The summed E-state index contributed by atoms with van der Waals surface area (Å²) in [4.78, 5) is 12.9. The summed E-state index contributed by atoms with van der Waals surface area (Å²) in [6, 6.07) is 11.7. The third-order valence-corrected chi connectivity index (χ3v) is 4.89. The standard InChI is InChI=1S/C21H22FN3O4/c1-27-9-8-23-12-21(26)25-18(14-6-7-19-20(10-14)29-13-28-19)11-17(24-25)15-4-2-3-5-16(15)22/h2-7,10,18,23H,8-9,11-13H2,1H3. The number of hydrogen-bond acceptors (Lipinski definition) is 6. The average Bonchev–Trinajstić information content (AvgIpc) is 3.38. The van der Waals surface area contributed by atoms with Crippen molar-refractivity contribution in [1.29, 1.82) is 0 Å². The molecule has 4 rings (SSSR count). The number of rotatable bonds is 7. The summed E-state index contributed by atoms with van der Waals surface area (Å²) in [6.07, 6.45) is 0.407. The number of carbonyl (C=O) groups excluding carboxylic acids is 1. The summed E-state index contributed by atoms with van der Waals surface area (Å²) in [5.41, 5.74) is 1.80. The van der Waals surface area contributed by atoms with Gasteiger partial charge in [0.05, 0.1) is 24.9 Å². The molecule has 1 unspecified atom stereocenters. The number of nitrogens with zero attached hydrogens (tertiary/aromatic N) is 2. The Morgan fingerprint density at radius 3 is 2.93 bits per heavy atom. The molecule has 0 aromatic heterocycles. The summed E-state index contributed by atoms with van der Waals surface area (Å²) in [7, 11) is 1.60. The summed E-state index contributed by atoms with van der Waals surface area (Å²) in [5.74, 6) is 0.742. The zero-order chi connectivity index (χ0) is 20.2. The van der Waals surface area contributed by atoms with Gasteiger partial charge in [0, 0.05) is 25.6 Å². The predicted molar refractivity (Wildman–Crippen MR) is 104 cm³/mol. The first-order valence-corrected chi connectivity index (χ1v) is 9.41. The van der Waals surface area contributed by atoms with Crippen LogP contribution in [0.1, 0.15) is 23.6 Å². The predicted octanol–water partition coefficient (Wildman–Crippen LogP) is 2.47. The fraction of sp³-hybridized carbons (Fsp3) is 0.333. The van der Waals surface area contributed by atoms with Crippen LogP contribution in [-0.4, -0.2) is 50.2 Å². The van der Waals surface area contributed by atoms with Crippen molar-refractivity contribution in [2.45, 2.75) is 12.5 Å². The normalized spacial score (nSPS) is 17.5. The molecule has 2 aromatic carbocycles. The van der Waals surface area contributed by atoms with Crippen LogP contribution >= 0.6 is 0 Å². The lowest BCUT2D eigenvalue weighted by atomic mass is 9.98. The number of hydrogen-bond donors (Lipinski definition) is 1. The van der Waals surface area contributed by atoms with Crippen molar-refractivity contribution in [3.05, 3.63) is 59.4 Å². The lowest BCUT2D eigenvalue weighted by Crippen LogP contribution is -2.36. The smallest absolute Gasteiger partial charge is 0.257 e. The van der Waals surface area contributed by atoms with Gasteiger partial charge in [-0.15, -0.1) is 0 Å². The van der Waals surface area contributed by atoms with Gasteiger partial charge < -0.3 is 19.5 Å². The quantitative estimate of drug-likeness (QED) is 0.725. The molecule has 7 nitrogen and oxygen atoms in total. The van der Waals surface area contributed by atoms with E-state index in [4.69, 9.17) is 14.2 Å². The van der Waals surface area contributed by atoms with Gasteiger partial charge in [-0.05, 0) is 23.8 Å². The number of fused-ring (bicyclic) bond motifs is 1. The molecule has 0 spiro atoms. The van der Waals surface area contributed by atoms with Crippen molar-refractivity contribution >= 4 is 11.6 Å². The van der Waals surface area contributed by atoms with Crippen LogP contribution in [-0.2, 0) is 9.53 Å². The molecule has 2 aromatic rings. The molecule has 0 saturated carbocycles. The fourth-order valence-corrected chi connectivity index (χ4v) is 3.43. The molecule has 0 fully saturated rings. The summed E-state index contributed by atoms with van der Waals surface area (Å²) < 4.78 is 30.1. The summed E-state index contributed by atoms with van der Waals surface area (Å²) >= 11 is 0. The van der Waals surface area contributed by atoms with Crippen LogP contribution in [0.25, 0.3) is 0 Å². The Morgan fingerprint density at radius 2 is 2.10 bits per heavy atom. The highest BCUT2D eigenvalue weighted by atomic mass is 19.1. The van der Waals surface area contributed by atoms with Gasteiger partial charge in [0.1, 0.15) is 5.82 Å². The van der Waals surface area contributed by atoms with Crippen LogP contribution in [0.15, 0.2) is 47.6 Å². The van der Waals surface area contributed by atoms with E-state index in [1.165, 1.54) is 11.1 Å². The second kappa shape index (κ2) is 8.59. The maximum atomic E-state index is 14.3. The summed E-state index contributed by atoms with van der Waals surface area (Å²) in [6.45, 7) is 1.34. The Kier molecular flexibility index (Phi) is 5.73. The minimum absolute atomic E-state index is 0.110. The number of benzene rings is 2. The zero-order valence-corrected chi connectivity index (χ0v) is 16.1. The van der Waals surface area contributed by atoms with E-state index < -0.39 is 0 Å². The number of carbonyl (C=O) groups is 1. The Bertz CT molecular complexity index is 934. The first-order valence-electron chi connectivity index (χ1n) is 9.41. The molecule has 29 heavy (non-hydrogen) atoms. The fourth-order valence-electron chi connectivity index (χ4n) is 3.43. The second-order valence-corrected chi connectivity index (χ2v) is 6.77. The van der Waals surface area contributed by atoms with Crippen LogP contribution in [0.2, 0.25) is 0 Å². The van der Waals surface area contributed by atoms with E-state index >= 15 is 0 Å². The SMILES string of the molecule is COCCNCC(=O)N1N=C(c2ccccc2F)CC1c1ccc2c(c1)OCO2. The van der Waals surface area contributed by atoms with Gasteiger partial charge in [-0.25, -0.2) is 9.40 Å². The lowest BCUT2D eigenvalue weighted by Gasteiger charge is -2.22. The Balaban J connectivity index is 1.60. The van der Waals surface area contributed by atoms with E-state index in [0.717, 1.165) is 5.56 Å². The third-order valence-electron chi connectivity index (χ3n) is 4.89. The van der Waals surface area contributed by atoms with Gasteiger partial charge >= 0.3 is 0 Å². The maximum absolute atomic E-state index is 14.3. The van der Waals surface area contributed by atoms with E-state index in [0.29, 0.717) is 42.3 Å². The highest BCUT2D eigenvalue weighted by Crippen LogP contribution is 2.39. The van der Waals surface area contributed by atoms with Gasteiger partial charge in [0.15, 0.2) is 11.5 Å². The Morgan fingerprint density at radius 1 is 1.28 bits per heavy atom.